The molecule has 0 aliphatic carbocycles. The molecule has 0 radical (unpaired) electrons. The number of nitrogens with one attached hydrogen (secondary N) is 2. The number of phenolic OH excluding ortho intramolecular Hbond substituents is 1. The van der Waals surface area contributed by atoms with Gasteiger partial charge < -0.3 is 9.84 Å². The molecule has 8 heteroatoms. The molecule has 0 aliphatic heterocycles. The van der Waals surface area contributed by atoms with Gasteiger partial charge in [-0.1, -0.05) is 129 Å². The number of unbranched alkanes of at least 4 members (excludes halogenated alkanes) is 18. The SMILES string of the molecule is CCCCCCCCCCCCC(=O)NN=Cc1cc(OC)cc(/C=N/NC(=O)CCCCCCCCCCCC)c1O. The van der Waals surface area contributed by atoms with Crippen LogP contribution in [0.5, 0.6) is 11.5 Å². The van der Waals surface area contributed by atoms with Crippen molar-refractivity contribution in [3.8, 4) is 11.5 Å². The Labute approximate surface area is 261 Å². The highest BCUT2D eigenvalue weighted by Gasteiger charge is 2.09. The molecule has 0 heterocycles. The number of hydrogen-bond donors (Lipinski definition) is 3. The number of hydrazone groups is 2. The molecule has 0 saturated carbocycles. The van der Waals surface area contributed by atoms with Crippen molar-refractivity contribution in [3.63, 3.8) is 0 Å². The molecule has 0 fully saturated rings. The van der Waals surface area contributed by atoms with Crippen LogP contribution in [-0.2, 0) is 9.59 Å². The number of amides is 2. The van der Waals surface area contributed by atoms with Gasteiger partial charge in [0.2, 0.25) is 11.8 Å². The van der Waals surface area contributed by atoms with Crippen LogP contribution in [0.25, 0.3) is 0 Å². The summed E-state index contributed by atoms with van der Waals surface area (Å²) in [6, 6.07) is 3.24. The second-order valence-electron chi connectivity index (χ2n) is 11.6. The van der Waals surface area contributed by atoms with Gasteiger partial charge in [0.05, 0.1) is 19.5 Å². The average molecular weight is 601 g/mol. The van der Waals surface area contributed by atoms with Crippen molar-refractivity contribution in [2.75, 3.05) is 7.11 Å². The Morgan fingerprint density at radius 2 is 0.953 bits per heavy atom. The number of benzene rings is 1. The minimum Gasteiger partial charge on any atom is -0.507 e. The smallest absolute Gasteiger partial charge is 0.240 e. The van der Waals surface area contributed by atoms with E-state index in [0.717, 1.165) is 38.5 Å². The molecule has 0 atom stereocenters. The van der Waals surface area contributed by atoms with Crippen molar-refractivity contribution < 1.29 is 19.4 Å². The van der Waals surface area contributed by atoms with Crippen LogP contribution in [0, 0.1) is 0 Å². The van der Waals surface area contributed by atoms with E-state index in [4.69, 9.17) is 4.74 Å². The largest absolute Gasteiger partial charge is 0.507 e. The van der Waals surface area contributed by atoms with Gasteiger partial charge in [-0.05, 0) is 25.0 Å². The third kappa shape index (κ3) is 20.6. The van der Waals surface area contributed by atoms with Crippen molar-refractivity contribution >= 4 is 24.2 Å². The first kappa shape index (κ1) is 38.1. The van der Waals surface area contributed by atoms with Crippen LogP contribution < -0.4 is 15.6 Å². The number of methoxy groups -OCH3 is 1. The van der Waals surface area contributed by atoms with E-state index < -0.39 is 0 Å². The first-order valence-corrected chi connectivity index (χ1v) is 17.1. The summed E-state index contributed by atoms with van der Waals surface area (Å²) < 4.78 is 5.33. The van der Waals surface area contributed by atoms with Crippen LogP contribution in [0.1, 0.15) is 166 Å². The van der Waals surface area contributed by atoms with E-state index in [2.05, 4.69) is 34.9 Å². The summed E-state index contributed by atoms with van der Waals surface area (Å²) in [6.07, 6.45) is 27.9. The lowest BCUT2D eigenvalue weighted by Crippen LogP contribution is -2.17. The minimum absolute atomic E-state index is 0.0683. The Hall–Kier alpha value is -2.90. The molecule has 0 saturated heterocycles. The van der Waals surface area contributed by atoms with Gasteiger partial charge in [0.25, 0.3) is 0 Å². The summed E-state index contributed by atoms with van der Waals surface area (Å²) in [5.74, 6) is 0.130. The lowest BCUT2D eigenvalue weighted by Gasteiger charge is -2.07. The van der Waals surface area contributed by atoms with Crippen molar-refractivity contribution in [2.24, 2.45) is 10.2 Å². The van der Waals surface area contributed by atoms with Crippen LogP contribution in [0.2, 0.25) is 0 Å². The first-order valence-electron chi connectivity index (χ1n) is 17.1. The average Bonchev–Trinajstić information content (AvgIpc) is 3.00. The van der Waals surface area contributed by atoms with Crippen molar-refractivity contribution in [3.05, 3.63) is 23.3 Å². The van der Waals surface area contributed by atoms with Crippen molar-refractivity contribution in [2.45, 2.75) is 155 Å². The van der Waals surface area contributed by atoms with Gasteiger partial charge in [0.15, 0.2) is 0 Å². The van der Waals surface area contributed by atoms with E-state index in [9.17, 15) is 14.7 Å². The molecule has 0 spiro atoms. The molecule has 8 nitrogen and oxygen atoms in total. The number of carbonyl (C=O) groups is 2. The standard InChI is InChI=1S/C35H60N4O4/c1-4-6-8-10-12-14-16-18-20-22-24-33(40)38-36-28-30-26-32(43-3)27-31(35(30)42)29-37-39-34(41)25-23-21-19-17-15-13-11-9-7-5-2/h26-29,42H,4-25H2,1-3H3,(H,38,40)(H,39,41)/b36-28+,37-29?. The van der Waals surface area contributed by atoms with Crippen molar-refractivity contribution in [1.29, 1.82) is 0 Å². The van der Waals surface area contributed by atoms with E-state index in [1.54, 1.807) is 12.1 Å². The highest BCUT2D eigenvalue weighted by atomic mass is 16.5. The number of nitrogens with zero attached hydrogens (tertiary/aromatic N) is 2. The molecule has 2 amide bonds. The monoisotopic (exact) mass is 600 g/mol. The fourth-order valence-corrected chi connectivity index (χ4v) is 4.97. The molecule has 244 valence electrons. The molecule has 3 N–H and O–H groups in total. The van der Waals surface area contributed by atoms with E-state index >= 15 is 0 Å². The number of rotatable bonds is 27. The van der Waals surface area contributed by atoms with Gasteiger partial charge in [0, 0.05) is 24.0 Å². The molecule has 0 unspecified atom stereocenters. The van der Waals surface area contributed by atoms with Crippen LogP contribution in [0.15, 0.2) is 22.3 Å². The molecule has 43 heavy (non-hydrogen) atoms. The highest BCUT2D eigenvalue weighted by molar-refractivity contribution is 5.93. The van der Waals surface area contributed by atoms with Gasteiger partial charge in [-0.15, -0.1) is 0 Å². The van der Waals surface area contributed by atoms with Gasteiger partial charge in [-0.3, -0.25) is 9.59 Å². The Kier molecular flexibility index (Phi) is 23.7. The summed E-state index contributed by atoms with van der Waals surface area (Å²) in [5, 5.41) is 18.7. The Balaban J connectivity index is 2.34. The van der Waals surface area contributed by atoms with Gasteiger partial charge >= 0.3 is 0 Å². The van der Waals surface area contributed by atoms with Crippen LogP contribution in [0.4, 0.5) is 0 Å². The molecule has 1 aromatic carbocycles. The second-order valence-corrected chi connectivity index (χ2v) is 11.6. The number of hydrogen-bond acceptors (Lipinski definition) is 6. The Morgan fingerprint density at radius 3 is 1.28 bits per heavy atom. The van der Waals surface area contributed by atoms with Gasteiger partial charge in [-0.25, -0.2) is 10.9 Å². The molecule has 0 bridgehead atoms. The fraction of sp³-hybridized carbons (Fsp3) is 0.714. The quantitative estimate of drug-likeness (QED) is 0.0531. The highest BCUT2D eigenvalue weighted by Crippen LogP contribution is 2.26. The number of phenols is 1. The molecule has 1 rings (SSSR count). The van der Waals surface area contributed by atoms with Gasteiger partial charge in [0.1, 0.15) is 11.5 Å². The molecule has 0 aromatic heterocycles. The summed E-state index contributed by atoms with van der Waals surface area (Å²) in [5.41, 5.74) is 5.82. The van der Waals surface area contributed by atoms with Crippen LogP contribution >= 0.6 is 0 Å². The van der Waals surface area contributed by atoms with Crippen LogP contribution in [-0.4, -0.2) is 36.5 Å². The van der Waals surface area contributed by atoms with Crippen LogP contribution in [0.3, 0.4) is 0 Å². The number of ether oxygens (including phenoxy) is 1. The third-order valence-corrected chi connectivity index (χ3v) is 7.68. The maximum atomic E-state index is 12.2. The molecule has 0 aliphatic rings. The molecule has 1 aromatic rings. The normalized spacial score (nSPS) is 11.4. The summed E-state index contributed by atoms with van der Waals surface area (Å²) in [6.45, 7) is 4.47. The predicted molar refractivity (Wildman–Crippen MR) is 179 cm³/mol. The lowest BCUT2D eigenvalue weighted by molar-refractivity contribution is -0.122. The minimum atomic E-state index is -0.148. The van der Waals surface area contributed by atoms with Crippen molar-refractivity contribution in [1.82, 2.24) is 10.9 Å². The Morgan fingerprint density at radius 1 is 0.628 bits per heavy atom. The number of aromatic hydroxyl groups is 1. The topological polar surface area (TPSA) is 112 Å². The third-order valence-electron chi connectivity index (χ3n) is 7.68. The molecular weight excluding hydrogens is 540 g/mol. The van der Waals surface area contributed by atoms with E-state index in [0.29, 0.717) is 29.7 Å². The summed E-state index contributed by atoms with van der Waals surface area (Å²) >= 11 is 0. The first-order chi connectivity index (χ1) is 21.0. The van der Waals surface area contributed by atoms with E-state index in [-0.39, 0.29) is 17.6 Å². The van der Waals surface area contributed by atoms with Gasteiger partial charge in [-0.2, -0.15) is 10.2 Å². The fourth-order valence-electron chi connectivity index (χ4n) is 4.97. The maximum Gasteiger partial charge on any atom is 0.240 e. The van der Waals surface area contributed by atoms with E-state index in [1.807, 2.05) is 0 Å². The zero-order valence-corrected chi connectivity index (χ0v) is 27.4. The summed E-state index contributed by atoms with van der Waals surface area (Å²) in [7, 11) is 1.52. The second kappa shape index (κ2) is 26.7. The number of carbonyl (C=O) groups excluding carboxylic acids is 2. The molecular formula is C35H60N4O4. The lowest BCUT2D eigenvalue weighted by atomic mass is 10.1. The maximum absolute atomic E-state index is 12.2. The Bertz CT molecular complexity index is 863. The van der Waals surface area contributed by atoms with E-state index in [1.165, 1.54) is 109 Å². The zero-order chi connectivity index (χ0) is 31.4. The summed E-state index contributed by atoms with van der Waals surface area (Å²) in [4.78, 5) is 24.3. The zero-order valence-electron chi connectivity index (χ0n) is 27.4. The predicted octanol–water partition coefficient (Wildman–Crippen LogP) is 8.92.